The monoisotopic (exact) mass is 413 g/mol. The van der Waals surface area contributed by atoms with Crippen molar-refractivity contribution in [1.82, 2.24) is 10.2 Å². The molecule has 0 unspecified atom stereocenters. The number of fused-ring (bicyclic) bond motifs is 2. The Kier molecular flexibility index (Phi) is 3.78. The molecule has 1 amide bonds. The van der Waals surface area contributed by atoms with Crippen molar-refractivity contribution in [3.8, 4) is 0 Å². The Balaban J connectivity index is 1.87. The molecule has 1 aliphatic rings. The van der Waals surface area contributed by atoms with Gasteiger partial charge < -0.3 is 4.42 Å². The first-order valence-corrected chi connectivity index (χ1v) is 9.42. The molecule has 6 nitrogen and oxygen atoms in total. The van der Waals surface area contributed by atoms with Crippen LogP contribution in [0.3, 0.4) is 0 Å². The van der Waals surface area contributed by atoms with Gasteiger partial charge in [0, 0.05) is 10.6 Å². The van der Waals surface area contributed by atoms with Crippen LogP contribution in [0, 0.1) is 5.82 Å². The Bertz CT molecular complexity index is 1310. The Morgan fingerprint density at radius 2 is 2.00 bits per heavy atom. The molecule has 28 heavy (non-hydrogen) atoms. The van der Waals surface area contributed by atoms with Gasteiger partial charge in [-0.25, -0.2) is 4.39 Å². The summed E-state index contributed by atoms with van der Waals surface area (Å²) in [7, 11) is 0. The van der Waals surface area contributed by atoms with E-state index in [4.69, 9.17) is 16.0 Å². The van der Waals surface area contributed by atoms with Crippen LogP contribution in [-0.4, -0.2) is 16.1 Å². The lowest BCUT2D eigenvalue weighted by atomic mass is 9.98. The number of carbonyl (C=O) groups excluding carboxylic acids is 1. The van der Waals surface area contributed by atoms with Gasteiger partial charge in [-0.1, -0.05) is 41.1 Å². The minimum absolute atomic E-state index is 0.0556. The van der Waals surface area contributed by atoms with E-state index in [2.05, 4.69) is 10.2 Å². The summed E-state index contributed by atoms with van der Waals surface area (Å²) < 4.78 is 20.4. The number of rotatable bonds is 2. The van der Waals surface area contributed by atoms with Gasteiger partial charge in [0.2, 0.25) is 10.9 Å². The van der Waals surface area contributed by atoms with Gasteiger partial charge in [-0.15, -0.1) is 10.2 Å². The van der Waals surface area contributed by atoms with Crippen molar-refractivity contribution >= 4 is 44.9 Å². The van der Waals surface area contributed by atoms with Crippen LogP contribution >= 0.6 is 22.9 Å². The van der Waals surface area contributed by atoms with Gasteiger partial charge >= 0.3 is 0 Å². The molecule has 4 aromatic rings. The molecule has 0 fully saturated rings. The molecule has 0 saturated carbocycles. The summed E-state index contributed by atoms with van der Waals surface area (Å²) in [5.41, 5.74) is 1.47. The molecule has 0 bridgehead atoms. The summed E-state index contributed by atoms with van der Waals surface area (Å²) in [5.74, 6) is -1.26. The number of nitrogens with zero attached hydrogens (tertiary/aromatic N) is 3. The van der Waals surface area contributed by atoms with E-state index in [1.54, 1.807) is 12.1 Å². The highest BCUT2D eigenvalue weighted by atomic mass is 35.5. The number of hydrogen-bond donors (Lipinski definition) is 0. The standard InChI is InChI=1S/C19H9ClFN3O3S/c20-9-5-6-13-11(7-9)16(25)14-15(10-3-1-2-4-12(10)21)24(18(26)17(14)27-13)19-23-22-8-28-19/h1-8,15H/t15-/m1/s1. The predicted octanol–water partition coefficient (Wildman–Crippen LogP) is 4.19. The maximum Gasteiger partial charge on any atom is 0.297 e. The van der Waals surface area contributed by atoms with Crippen LogP contribution in [-0.2, 0) is 0 Å². The molecule has 0 aliphatic carbocycles. The molecule has 2 aromatic carbocycles. The summed E-state index contributed by atoms with van der Waals surface area (Å²) in [6.45, 7) is 0. The van der Waals surface area contributed by atoms with E-state index in [1.807, 2.05) is 0 Å². The number of carbonyl (C=O) groups is 1. The second-order valence-electron chi connectivity index (χ2n) is 6.13. The third-order valence-corrected chi connectivity index (χ3v) is 5.51. The van der Waals surface area contributed by atoms with Crippen molar-refractivity contribution < 1.29 is 13.6 Å². The largest absolute Gasteiger partial charge is 0.450 e. The van der Waals surface area contributed by atoms with E-state index in [0.29, 0.717) is 5.02 Å². The smallest absolute Gasteiger partial charge is 0.297 e. The fourth-order valence-corrected chi connectivity index (χ4v) is 4.16. The summed E-state index contributed by atoms with van der Waals surface area (Å²) in [6, 6.07) is 9.52. The molecule has 2 aromatic heterocycles. The predicted molar refractivity (Wildman–Crippen MR) is 102 cm³/mol. The third-order valence-electron chi connectivity index (χ3n) is 4.59. The zero-order chi connectivity index (χ0) is 19.4. The van der Waals surface area contributed by atoms with Crippen molar-refractivity contribution in [2.75, 3.05) is 4.90 Å². The molecule has 0 radical (unpaired) electrons. The molecule has 0 N–H and O–H groups in total. The second-order valence-corrected chi connectivity index (χ2v) is 7.38. The first-order valence-electron chi connectivity index (χ1n) is 8.16. The fourth-order valence-electron chi connectivity index (χ4n) is 3.41. The highest BCUT2D eigenvalue weighted by Crippen LogP contribution is 2.42. The molecule has 1 aliphatic heterocycles. The van der Waals surface area contributed by atoms with E-state index >= 15 is 0 Å². The molecule has 138 valence electrons. The van der Waals surface area contributed by atoms with Gasteiger partial charge in [0.1, 0.15) is 23.0 Å². The molecule has 3 heterocycles. The van der Waals surface area contributed by atoms with E-state index in [9.17, 15) is 14.0 Å². The summed E-state index contributed by atoms with van der Waals surface area (Å²) in [6.07, 6.45) is 0. The normalized spacial score (nSPS) is 16.0. The van der Waals surface area contributed by atoms with Crippen molar-refractivity contribution in [2.45, 2.75) is 6.04 Å². The number of aromatic nitrogens is 2. The van der Waals surface area contributed by atoms with Crippen LogP contribution in [0.15, 0.2) is 57.2 Å². The van der Waals surface area contributed by atoms with Crippen molar-refractivity contribution in [2.24, 2.45) is 0 Å². The van der Waals surface area contributed by atoms with E-state index in [-0.39, 0.29) is 33.0 Å². The summed E-state index contributed by atoms with van der Waals surface area (Å²) in [5, 5.41) is 8.51. The Morgan fingerprint density at radius 3 is 2.75 bits per heavy atom. The minimum atomic E-state index is -1.02. The zero-order valence-electron chi connectivity index (χ0n) is 13.9. The van der Waals surface area contributed by atoms with Crippen LogP contribution < -0.4 is 10.3 Å². The molecular formula is C19H9ClFN3O3S. The van der Waals surface area contributed by atoms with Crippen molar-refractivity contribution in [3.05, 3.63) is 85.9 Å². The third kappa shape index (κ3) is 2.38. The van der Waals surface area contributed by atoms with Gasteiger partial charge in [0.15, 0.2) is 5.43 Å². The first-order chi connectivity index (χ1) is 13.6. The molecule has 1 atom stereocenters. The van der Waals surface area contributed by atoms with Crippen LogP contribution in [0.25, 0.3) is 11.0 Å². The maximum atomic E-state index is 14.7. The highest BCUT2D eigenvalue weighted by Gasteiger charge is 2.45. The van der Waals surface area contributed by atoms with Gasteiger partial charge in [0.05, 0.1) is 10.9 Å². The van der Waals surface area contributed by atoms with Gasteiger partial charge in [0.25, 0.3) is 5.91 Å². The SMILES string of the molecule is O=C1c2oc3ccc(Cl)cc3c(=O)c2[C@@H](c2ccccc2F)N1c1nncs1. The number of halogens is 2. The Labute approximate surface area is 165 Å². The van der Waals surface area contributed by atoms with Crippen molar-refractivity contribution in [1.29, 1.82) is 0 Å². The molecule has 0 spiro atoms. The van der Waals surface area contributed by atoms with E-state index in [0.717, 1.165) is 11.3 Å². The zero-order valence-corrected chi connectivity index (χ0v) is 15.5. The quantitative estimate of drug-likeness (QED) is 0.492. The Morgan fingerprint density at radius 1 is 1.18 bits per heavy atom. The average molecular weight is 414 g/mol. The average Bonchev–Trinajstić information content (AvgIpc) is 3.30. The van der Waals surface area contributed by atoms with Crippen LogP contribution in [0.4, 0.5) is 9.52 Å². The Hall–Kier alpha value is -3.10. The molecule has 9 heteroatoms. The van der Waals surface area contributed by atoms with Gasteiger partial charge in [-0.3, -0.25) is 14.5 Å². The number of hydrogen-bond acceptors (Lipinski definition) is 6. The fraction of sp³-hybridized carbons (Fsp3) is 0.0526. The van der Waals surface area contributed by atoms with Crippen molar-refractivity contribution in [3.63, 3.8) is 0 Å². The van der Waals surface area contributed by atoms with Gasteiger partial charge in [-0.2, -0.15) is 0 Å². The summed E-state index contributed by atoms with van der Waals surface area (Å²) in [4.78, 5) is 27.7. The lowest BCUT2D eigenvalue weighted by Crippen LogP contribution is -2.30. The molecular weight excluding hydrogens is 405 g/mol. The summed E-state index contributed by atoms with van der Waals surface area (Å²) >= 11 is 7.13. The van der Waals surface area contributed by atoms with E-state index in [1.165, 1.54) is 40.7 Å². The first kappa shape index (κ1) is 17.0. The number of benzene rings is 2. The lowest BCUT2D eigenvalue weighted by Gasteiger charge is -2.22. The van der Waals surface area contributed by atoms with Crippen LogP contribution in [0.2, 0.25) is 5.02 Å². The number of anilines is 1. The molecule has 5 rings (SSSR count). The topological polar surface area (TPSA) is 76.3 Å². The minimum Gasteiger partial charge on any atom is -0.450 e. The van der Waals surface area contributed by atoms with Gasteiger partial charge in [-0.05, 0) is 24.3 Å². The molecule has 0 saturated heterocycles. The lowest BCUT2D eigenvalue weighted by molar-refractivity contribution is 0.0970. The van der Waals surface area contributed by atoms with E-state index < -0.39 is 23.2 Å². The highest BCUT2D eigenvalue weighted by molar-refractivity contribution is 7.13. The second kappa shape index (κ2) is 6.22. The maximum absolute atomic E-state index is 14.7. The van der Waals surface area contributed by atoms with Crippen LogP contribution in [0.1, 0.15) is 27.7 Å². The van der Waals surface area contributed by atoms with Crippen LogP contribution in [0.5, 0.6) is 0 Å². The number of amides is 1.